The number of hydrogen-bond acceptors (Lipinski definition) is 5. The Bertz CT molecular complexity index is 709. The minimum absolute atomic E-state index is 0.143. The van der Waals surface area contributed by atoms with E-state index in [0.29, 0.717) is 26.1 Å². The first kappa shape index (κ1) is 14.4. The minimum Gasteiger partial charge on any atom is -0.487 e. The van der Waals surface area contributed by atoms with Crippen molar-refractivity contribution in [2.75, 3.05) is 18.4 Å². The molecule has 1 aromatic carbocycles. The summed E-state index contributed by atoms with van der Waals surface area (Å²) >= 11 is 0. The van der Waals surface area contributed by atoms with Gasteiger partial charge in [0, 0.05) is 31.1 Å². The number of para-hydroxylation sites is 1. The van der Waals surface area contributed by atoms with Gasteiger partial charge in [0.25, 0.3) is 0 Å². The molecule has 2 unspecified atom stereocenters. The maximum Gasteiger partial charge on any atom is 0.133 e. The highest BCUT2D eigenvalue weighted by Gasteiger charge is 2.24. The largest absolute Gasteiger partial charge is 0.487 e. The summed E-state index contributed by atoms with van der Waals surface area (Å²) in [5.41, 5.74) is 3.10. The molecular formula is C17H19FN4O. The molecule has 5 nitrogen and oxygen atoms in total. The van der Waals surface area contributed by atoms with Crippen LogP contribution in [0.2, 0.25) is 0 Å². The number of nitrogens with zero attached hydrogens (tertiary/aromatic N) is 2. The summed E-state index contributed by atoms with van der Waals surface area (Å²) in [4.78, 5) is 8.75. The van der Waals surface area contributed by atoms with Gasteiger partial charge in [0.2, 0.25) is 0 Å². The van der Waals surface area contributed by atoms with Crippen LogP contribution >= 0.6 is 0 Å². The normalized spacial score (nSPS) is 22.7. The molecule has 2 N–H and O–H groups in total. The molecule has 4 rings (SSSR count). The third kappa shape index (κ3) is 2.99. The molecule has 23 heavy (non-hydrogen) atoms. The molecule has 2 aromatic rings. The van der Waals surface area contributed by atoms with Crippen molar-refractivity contribution in [1.82, 2.24) is 15.3 Å². The van der Waals surface area contributed by atoms with Crippen LogP contribution in [-0.2, 0) is 13.0 Å². The van der Waals surface area contributed by atoms with Gasteiger partial charge < -0.3 is 15.4 Å². The second kappa shape index (κ2) is 6.12. The molecule has 1 aromatic heterocycles. The number of alkyl halides is 1. The summed E-state index contributed by atoms with van der Waals surface area (Å²) < 4.78 is 19.1. The molecule has 2 aliphatic heterocycles. The number of rotatable bonds is 3. The zero-order valence-electron chi connectivity index (χ0n) is 12.8. The molecule has 3 heterocycles. The highest BCUT2D eigenvalue weighted by molar-refractivity contribution is 5.51. The van der Waals surface area contributed by atoms with Crippen molar-refractivity contribution in [3.8, 4) is 5.75 Å². The zero-order chi connectivity index (χ0) is 15.6. The Hall–Kier alpha value is -2.21. The lowest BCUT2D eigenvalue weighted by Gasteiger charge is -2.15. The SMILES string of the molecule is FC1CNC(CNc2ncnc3c2Cc2ccccc2OC3)C1. The standard InChI is InChI=1S/C17H19FN4O/c18-12-6-13(19-7-12)8-20-17-14-5-11-3-1-2-4-16(11)23-9-15(14)21-10-22-17/h1-4,10,12-13,19H,5-9H2,(H,20,21,22). The van der Waals surface area contributed by atoms with E-state index in [1.54, 1.807) is 6.33 Å². The molecule has 1 saturated heterocycles. The molecule has 0 spiro atoms. The second-order valence-electron chi connectivity index (χ2n) is 6.04. The average molecular weight is 314 g/mol. The fourth-order valence-electron chi connectivity index (χ4n) is 3.18. The second-order valence-corrected chi connectivity index (χ2v) is 6.04. The third-order valence-electron chi connectivity index (χ3n) is 4.42. The molecule has 6 heteroatoms. The van der Waals surface area contributed by atoms with E-state index < -0.39 is 6.17 Å². The maximum absolute atomic E-state index is 13.3. The van der Waals surface area contributed by atoms with Crippen LogP contribution in [0, 0.1) is 0 Å². The number of anilines is 1. The van der Waals surface area contributed by atoms with Gasteiger partial charge in [-0.25, -0.2) is 14.4 Å². The van der Waals surface area contributed by atoms with Crippen LogP contribution in [-0.4, -0.2) is 35.3 Å². The van der Waals surface area contributed by atoms with E-state index in [4.69, 9.17) is 4.74 Å². The van der Waals surface area contributed by atoms with Crippen LogP contribution in [0.1, 0.15) is 23.2 Å². The van der Waals surface area contributed by atoms with Crippen molar-refractivity contribution in [3.63, 3.8) is 0 Å². The number of ether oxygens (including phenoxy) is 1. The first-order valence-electron chi connectivity index (χ1n) is 7.94. The van der Waals surface area contributed by atoms with E-state index in [0.717, 1.165) is 34.8 Å². The lowest BCUT2D eigenvalue weighted by Crippen LogP contribution is -2.30. The van der Waals surface area contributed by atoms with Gasteiger partial charge in [-0.3, -0.25) is 0 Å². The highest BCUT2D eigenvalue weighted by Crippen LogP contribution is 2.30. The quantitative estimate of drug-likeness (QED) is 0.908. The van der Waals surface area contributed by atoms with Crippen molar-refractivity contribution in [2.45, 2.75) is 31.7 Å². The predicted molar refractivity (Wildman–Crippen MR) is 85.4 cm³/mol. The Morgan fingerprint density at radius 1 is 1.30 bits per heavy atom. The van der Waals surface area contributed by atoms with Gasteiger partial charge in [-0.2, -0.15) is 0 Å². The summed E-state index contributed by atoms with van der Waals surface area (Å²) in [5.74, 6) is 1.72. The van der Waals surface area contributed by atoms with E-state index in [9.17, 15) is 4.39 Å². The Balaban J connectivity index is 1.56. The molecule has 2 atom stereocenters. The van der Waals surface area contributed by atoms with Crippen molar-refractivity contribution < 1.29 is 9.13 Å². The predicted octanol–water partition coefficient (Wildman–Crippen LogP) is 2.07. The van der Waals surface area contributed by atoms with Crippen LogP contribution in [0.25, 0.3) is 0 Å². The molecule has 2 aliphatic rings. The number of benzene rings is 1. The fraction of sp³-hybridized carbons (Fsp3) is 0.412. The van der Waals surface area contributed by atoms with Crippen molar-refractivity contribution >= 4 is 5.82 Å². The first-order chi connectivity index (χ1) is 11.3. The average Bonchev–Trinajstić information content (AvgIpc) is 2.89. The molecule has 0 radical (unpaired) electrons. The van der Waals surface area contributed by atoms with E-state index in [-0.39, 0.29) is 6.04 Å². The fourth-order valence-corrected chi connectivity index (χ4v) is 3.18. The van der Waals surface area contributed by atoms with Gasteiger partial charge in [-0.15, -0.1) is 0 Å². The Kier molecular flexibility index (Phi) is 3.83. The van der Waals surface area contributed by atoms with Crippen LogP contribution in [0.5, 0.6) is 5.75 Å². The first-order valence-corrected chi connectivity index (χ1v) is 7.94. The third-order valence-corrected chi connectivity index (χ3v) is 4.42. The number of nitrogens with one attached hydrogen (secondary N) is 2. The van der Waals surface area contributed by atoms with Gasteiger partial charge in [0.05, 0.1) is 5.69 Å². The van der Waals surface area contributed by atoms with Crippen LogP contribution in [0.15, 0.2) is 30.6 Å². The molecule has 1 fully saturated rings. The molecule has 0 saturated carbocycles. The van der Waals surface area contributed by atoms with Gasteiger partial charge in [0.1, 0.15) is 30.7 Å². The summed E-state index contributed by atoms with van der Waals surface area (Å²) in [7, 11) is 0. The summed E-state index contributed by atoms with van der Waals surface area (Å²) in [5, 5.41) is 6.54. The van der Waals surface area contributed by atoms with Crippen LogP contribution in [0.3, 0.4) is 0 Å². The van der Waals surface area contributed by atoms with Gasteiger partial charge in [-0.1, -0.05) is 18.2 Å². The van der Waals surface area contributed by atoms with Crippen molar-refractivity contribution in [1.29, 1.82) is 0 Å². The summed E-state index contributed by atoms with van der Waals surface area (Å²) in [6, 6.07) is 8.16. The van der Waals surface area contributed by atoms with E-state index in [2.05, 4.69) is 26.7 Å². The van der Waals surface area contributed by atoms with E-state index in [1.165, 1.54) is 0 Å². The number of halogens is 1. The lowest BCUT2D eigenvalue weighted by atomic mass is 10.0. The Morgan fingerprint density at radius 2 is 2.22 bits per heavy atom. The molecule has 120 valence electrons. The van der Waals surface area contributed by atoms with E-state index in [1.807, 2.05) is 18.2 Å². The van der Waals surface area contributed by atoms with Crippen molar-refractivity contribution in [2.24, 2.45) is 0 Å². The van der Waals surface area contributed by atoms with Gasteiger partial charge in [-0.05, 0) is 18.1 Å². The highest BCUT2D eigenvalue weighted by atomic mass is 19.1. The minimum atomic E-state index is -0.746. The Morgan fingerprint density at radius 3 is 3.09 bits per heavy atom. The van der Waals surface area contributed by atoms with Gasteiger partial charge in [0.15, 0.2) is 0 Å². The molecule has 0 amide bonds. The molecule has 0 aliphatic carbocycles. The summed E-state index contributed by atoms with van der Waals surface area (Å²) in [6.07, 6.45) is 2.09. The lowest BCUT2D eigenvalue weighted by molar-refractivity contribution is 0.302. The topological polar surface area (TPSA) is 59.1 Å². The van der Waals surface area contributed by atoms with Crippen LogP contribution < -0.4 is 15.4 Å². The summed E-state index contributed by atoms with van der Waals surface area (Å²) in [6.45, 7) is 1.54. The molecule has 0 bridgehead atoms. The number of hydrogen-bond donors (Lipinski definition) is 2. The Labute approximate surface area is 134 Å². The zero-order valence-corrected chi connectivity index (χ0v) is 12.8. The van der Waals surface area contributed by atoms with Gasteiger partial charge >= 0.3 is 0 Å². The smallest absolute Gasteiger partial charge is 0.133 e. The monoisotopic (exact) mass is 314 g/mol. The van der Waals surface area contributed by atoms with Crippen molar-refractivity contribution in [3.05, 3.63) is 47.4 Å². The number of aromatic nitrogens is 2. The van der Waals surface area contributed by atoms with Crippen LogP contribution in [0.4, 0.5) is 10.2 Å². The molecular weight excluding hydrogens is 295 g/mol. The number of fused-ring (bicyclic) bond motifs is 2. The maximum atomic E-state index is 13.3. The van der Waals surface area contributed by atoms with E-state index >= 15 is 0 Å².